The number of rotatable bonds is 4. The zero-order valence-corrected chi connectivity index (χ0v) is 11.9. The number of ether oxygens (including phenoxy) is 1. The van der Waals surface area contributed by atoms with Gasteiger partial charge in [0.15, 0.2) is 0 Å². The Morgan fingerprint density at radius 3 is 2.85 bits per heavy atom. The second-order valence-corrected chi connectivity index (χ2v) is 5.20. The molecule has 1 aromatic rings. The molecule has 2 unspecified atom stereocenters. The largest absolute Gasteiger partial charge is 0.494 e. The number of anilines is 1. The van der Waals surface area contributed by atoms with Crippen LogP contribution in [0.15, 0.2) is 18.2 Å². The van der Waals surface area contributed by atoms with Crippen LogP contribution in [0.1, 0.15) is 26.7 Å². The van der Waals surface area contributed by atoms with Crippen molar-refractivity contribution in [3.8, 4) is 5.75 Å². The predicted molar refractivity (Wildman–Crippen MR) is 78.3 cm³/mol. The van der Waals surface area contributed by atoms with Crippen LogP contribution in [0.3, 0.4) is 0 Å². The van der Waals surface area contributed by atoms with Crippen molar-refractivity contribution in [1.29, 1.82) is 0 Å². The highest BCUT2D eigenvalue weighted by Crippen LogP contribution is 2.32. The summed E-state index contributed by atoms with van der Waals surface area (Å²) in [7, 11) is 0. The fourth-order valence-electron chi connectivity index (χ4n) is 2.68. The number of piperidine rings is 1. The lowest BCUT2D eigenvalue weighted by molar-refractivity contribution is -0.384. The summed E-state index contributed by atoms with van der Waals surface area (Å²) in [6.45, 7) is 5.26. The lowest BCUT2D eigenvalue weighted by atomic mass is 9.98. The van der Waals surface area contributed by atoms with Gasteiger partial charge in [-0.1, -0.05) is 0 Å². The maximum atomic E-state index is 11.0. The van der Waals surface area contributed by atoms with Gasteiger partial charge in [-0.05, 0) is 26.7 Å². The number of benzene rings is 1. The van der Waals surface area contributed by atoms with Crippen molar-refractivity contribution in [2.24, 2.45) is 5.73 Å². The minimum absolute atomic E-state index is 0.0630. The highest BCUT2D eigenvalue weighted by Gasteiger charge is 2.25. The molecule has 1 fully saturated rings. The molecular formula is C14H21N3O3. The number of nitro groups is 1. The summed E-state index contributed by atoms with van der Waals surface area (Å²) in [5.41, 5.74) is 6.86. The van der Waals surface area contributed by atoms with E-state index in [0.717, 1.165) is 25.1 Å². The molecule has 110 valence electrons. The zero-order valence-electron chi connectivity index (χ0n) is 11.9. The van der Waals surface area contributed by atoms with Crippen molar-refractivity contribution in [2.45, 2.75) is 38.8 Å². The standard InChI is InChI=1S/C14H21N3O3/c1-3-20-14-8-12(7-13(9-14)17(18)19)16-5-4-11(15)6-10(16)2/h7-11H,3-6,15H2,1-2H3. The molecule has 1 saturated heterocycles. The highest BCUT2D eigenvalue weighted by molar-refractivity contribution is 5.58. The molecule has 0 spiro atoms. The SMILES string of the molecule is CCOc1cc(N2CCC(N)CC2C)cc([N+](=O)[O-])c1. The molecule has 0 aliphatic carbocycles. The number of hydrogen-bond acceptors (Lipinski definition) is 5. The van der Waals surface area contributed by atoms with Crippen molar-refractivity contribution < 1.29 is 9.66 Å². The molecule has 1 aliphatic rings. The second-order valence-electron chi connectivity index (χ2n) is 5.20. The van der Waals surface area contributed by atoms with Crippen LogP contribution in [0.25, 0.3) is 0 Å². The summed E-state index contributed by atoms with van der Waals surface area (Å²) in [4.78, 5) is 12.8. The van der Waals surface area contributed by atoms with E-state index in [4.69, 9.17) is 10.5 Å². The van der Waals surface area contributed by atoms with E-state index in [-0.39, 0.29) is 22.7 Å². The third-order valence-corrected chi connectivity index (χ3v) is 3.65. The molecule has 1 aromatic carbocycles. The van der Waals surface area contributed by atoms with Crippen molar-refractivity contribution in [2.75, 3.05) is 18.1 Å². The highest BCUT2D eigenvalue weighted by atomic mass is 16.6. The lowest BCUT2D eigenvalue weighted by Crippen LogP contribution is -2.45. The number of hydrogen-bond donors (Lipinski definition) is 1. The zero-order chi connectivity index (χ0) is 14.7. The van der Waals surface area contributed by atoms with Crippen LogP contribution < -0.4 is 15.4 Å². The molecule has 0 saturated carbocycles. The first kappa shape index (κ1) is 14.6. The van der Waals surface area contributed by atoms with Crippen LogP contribution in [-0.4, -0.2) is 30.2 Å². The van der Waals surface area contributed by atoms with E-state index in [0.29, 0.717) is 12.4 Å². The summed E-state index contributed by atoms with van der Waals surface area (Å²) in [6.07, 6.45) is 1.80. The minimum Gasteiger partial charge on any atom is -0.494 e. The van der Waals surface area contributed by atoms with E-state index < -0.39 is 0 Å². The van der Waals surface area contributed by atoms with Gasteiger partial charge in [0.05, 0.1) is 17.6 Å². The Kier molecular flexibility index (Phi) is 4.44. The van der Waals surface area contributed by atoms with Crippen LogP contribution in [-0.2, 0) is 0 Å². The van der Waals surface area contributed by atoms with E-state index >= 15 is 0 Å². The van der Waals surface area contributed by atoms with Gasteiger partial charge in [-0.25, -0.2) is 0 Å². The van der Waals surface area contributed by atoms with Crippen LogP contribution in [0, 0.1) is 10.1 Å². The normalized spacial score (nSPS) is 22.6. The van der Waals surface area contributed by atoms with Crippen molar-refractivity contribution in [1.82, 2.24) is 0 Å². The van der Waals surface area contributed by atoms with Crippen LogP contribution in [0.4, 0.5) is 11.4 Å². The number of nitrogens with two attached hydrogens (primary N) is 1. The molecule has 6 nitrogen and oxygen atoms in total. The van der Waals surface area contributed by atoms with Crippen LogP contribution in [0.2, 0.25) is 0 Å². The first-order chi connectivity index (χ1) is 9.51. The third kappa shape index (κ3) is 3.19. The maximum Gasteiger partial charge on any atom is 0.275 e. The fourth-order valence-corrected chi connectivity index (χ4v) is 2.68. The number of nitro benzene ring substituents is 1. The van der Waals surface area contributed by atoms with Crippen LogP contribution >= 0.6 is 0 Å². The van der Waals surface area contributed by atoms with Gasteiger partial charge in [0.2, 0.25) is 0 Å². The minimum atomic E-state index is -0.383. The molecule has 6 heteroatoms. The van der Waals surface area contributed by atoms with Gasteiger partial charge in [0.25, 0.3) is 5.69 Å². The summed E-state index contributed by atoms with van der Waals surface area (Å²) in [5.74, 6) is 0.541. The van der Waals surface area contributed by atoms with Crippen molar-refractivity contribution in [3.63, 3.8) is 0 Å². The average molecular weight is 279 g/mol. The van der Waals surface area contributed by atoms with E-state index in [1.807, 2.05) is 13.0 Å². The van der Waals surface area contributed by atoms with Gasteiger partial charge in [-0.15, -0.1) is 0 Å². The van der Waals surface area contributed by atoms with E-state index in [9.17, 15) is 10.1 Å². The van der Waals surface area contributed by atoms with Gasteiger partial charge < -0.3 is 15.4 Å². The van der Waals surface area contributed by atoms with E-state index in [1.165, 1.54) is 6.07 Å². The Morgan fingerprint density at radius 2 is 2.25 bits per heavy atom. The monoisotopic (exact) mass is 279 g/mol. The average Bonchev–Trinajstić information content (AvgIpc) is 2.38. The summed E-state index contributed by atoms with van der Waals surface area (Å²) in [6, 6.07) is 5.43. The van der Waals surface area contributed by atoms with Crippen molar-refractivity contribution >= 4 is 11.4 Å². The first-order valence-corrected chi connectivity index (χ1v) is 6.95. The Bertz CT molecular complexity index is 493. The molecule has 0 amide bonds. The molecule has 2 atom stereocenters. The smallest absolute Gasteiger partial charge is 0.275 e. The Labute approximate surface area is 118 Å². The molecule has 2 N–H and O–H groups in total. The summed E-state index contributed by atoms with van der Waals surface area (Å²) < 4.78 is 5.43. The number of non-ortho nitro benzene ring substituents is 1. The molecule has 0 radical (unpaired) electrons. The molecular weight excluding hydrogens is 258 g/mol. The van der Waals surface area contributed by atoms with Gasteiger partial charge in [0, 0.05) is 36.4 Å². The molecule has 1 heterocycles. The topological polar surface area (TPSA) is 81.6 Å². The third-order valence-electron chi connectivity index (χ3n) is 3.65. The Balaban J connectivity index is 2.32. The van der Waals surface area contributed by atoms with Crippen LogP contribution in [0.5, 0.6) is 5.75 Å². The van der Waals surface area contributed by atoms with E-state index in [2.05, 4.69) is 11.8 Å². The quantitative estimate of drug-likeness (QED) is 0.675. The molecule has 0 bridgehead atoms. The summed E-state index contributed by atoms with van der Waals surface area (Å²) >= 11 is 0. The van der Waals surface area contributed by atoms with Gasteiger partial charge in [0.1, 0.15) is 5.75 Å². The van der Waals surface area contributed by atoms with Gasteiger partial charge in [-0.3, -0.25) is 10.1 Å². The first-order valence-electron chi connectivity index (χ1n) is 6.95. The molecule has 2 rings (SSSR count). The van der Waals surface area contributed by atoms with E-state index in [1.54, 1.807) is 6.07 Å². The second kappa shape index (κ2) is 6.09. The molecule has 0 aromatic heterocycles. The van der Waals surface area contributed by atoms with Crippen molar-refractivity contribution in [3.05, 3.63) is 28.3 Å². The van der Waals surface area contributed by atoms with Gasteiger partial charge in [-0.2, -0.15) is 0 Å². The lowest BCUT2D eigenvalue weighted by Gasteiger charge is -2.38. The number of nitrogens with zero attached hydrogens (tertiary/aromatic N) is 2. The predicted octanol–water partition coefficient (Wildman–Crippen LogP) is 2.31. The fraction of sp³-hybridized carbons (Fsp3) is 0.571. The molecule has 1 aliphatic heterocycles. The van der Waals surface area contributed by atoms with Gasteiger partial charge >= 0.3 is 0 Å². The Hall–Kier alpha value is -1.82. The Morgan fingerprint density at radius 1 is 1.50 bits per heavy atom. The maximum absolute atomic E-state index is 11.0. The summed E-state index contributed by atoms with van der Waals surface area (Å²) in [5, 5.41) is 11.0. The molecule has 20 heavy (non-hydrogen) atoms.